The van der Waals surface area contributed by atoms with Gasteiger partial charge in [-0.05, 0) is 38.3 Å². The predicted octanol–water partition coefficient (Wildman–Crippen LogP) is 2.70. The fourth-order valence-electron chi connectivity index (χ4n) is 2.99. The first-order chi connectivity index (χ1) is 9.29. The first kappa shape index (κ1) is 12.4. The van der Waals surface area contributed by atoms with Crippen molar-refractivity contribution in [2.24, 2.45) is 5.73 Å². The second-order valence-electron chi connectivity index (χ2n) is 5.36. The Balaban J connectivity index is 2.14. The van der Waals surface area contributed by atoms with Gasteiger partial charge in [0, 0.05) is 24.2 Å². The van der Waals surface area contributed by atoms with E-state index in [0.717, 1.165) is 19.4 Å². The molecule has 0 saturated heterocycles. The van der Waals surface area contributed by atoms with Crippen molar-refractivity contribution in [1.29, 1.82) is 0 Å². The Morgan fingerprint density at radius 1 is 1.32 bits per heavy atom. The van der Waals surface area contributed by atoms with Gasteiger partial charge >= 0.3 is 0 Å². The molecule has 3 heteroatoms. The SMILES string of the molecule is Cc1cccc(-c2c(CCN)nn3c2CCCC3)c1. The van der Waals surface area contributed by atoms with Gasteiger partial charge in [-0.1, -0.05) is 29.8 Å². The van der Waals surface area contributed by atoms with Crippen LogP contribution in [0.15, 0.2) is 24.3 Å². The zero-order valence-corrected chi connectivity index (χ0v) is 11.5. The first-order valence-corrected chi connectivity index (χ1v) is 7.15. The second-order valence-corrected chi connectivity index (χ2v) is 5.36. The van der Waals surface area contributed by atoms with E-state index >= 15 is 0 Å². The molecule has 1 aliphatic rings. The topological polar surface area (TPSA) is 43.8 Å². The van der Waals surface area contributed by atoms with Crippen LogP contribution in [0.3, 0.4) is 0 Å². The minimum atomic E-state index is 0.662. The van der Waals surface area contributed by atoms with Crippen molar-refractivity contribution < 1.29 is 0 Å². The van der Waals surface area contributed by atoms with Crippen LogP contribution in [0.2, 0.25) is 0 Å². The van der Waals surface area contributed by atoms with Crippen LogP contribution in [0.25, 0.3) is 11.1 Å². The maximum atomic E-state index is 5.75. The molecule has 1 aliphatic heterocycles. The van der Waals surface area contributed by atoms with Crippen LogP contribution in [0, 0.1) is 6.92 Å². The summed E-state index contributed by atoms with van der Waals surface area (Å²) in [5.74, 6) is 0. The number of nitrogens with two attached hydrogens (primary N) is 1. The van der Waals surface area contributed by atoms with E-state index < -0.39 is 0 Å². The molecular weight excluding hydrogens is 234 g/mol. The van der Waals surface area contributed by atoms with Gasteiger partial charge in [-0.15, -0.1) is 0 Å². The third kappa shape index (κ3) is 2.30. The van der Waals surface area contributed by atoms with E-state index in [-0.39, 0.29) is 0 Å². The summed E-state index contributed by atoms with van der Waals surface area (Å²) in [6.45, 7) is 3.86. The third-order valence-electron chi connectivity index (χ3n) is 3.85. The molecule has 0 unspecified atom stereocenters. The van der Waals surface area contributed by atoms with Crippen molar-refractivity contribution in [2.45, 2.75) is 39.2 Å². The molecule has 2 heterocycles. The lowest BCUT2D eigenvalue weighted by atomic mass is 9.96. The lowest BCUT2D eigenvalue weighted by Crippen LogP contribution is -2.11. The number of rotatable bonds is 3. The fraction of sp³-hybridized carbons (Fsp3) is 0.438. The molecule has 2 aromatic rings. The van der Waals surface area contributed by atoms with E-state index in [0.29, 0.717) is 6.54 Å². The highest BCUT2D eigenvalue weighted by Crippen LogP contribution is 2.31. The molecule has 0 spiro atoms. The Kier molecular flexibility index (Phi) is 3.38. The summed E-state index contributed by atoms with van der Waals surface area (Å²) < 4.78 is 2.20. The van der Waals surface area contributed by atoms with E-state index in [1.807, 2.05) is 0 Å². The molecule has 0 fully saturated rings. The van der Waals surface area contributed by atoms with Crippen LogP contribution in [-0.2, 0) is 19.4 Å². The Bertz CT molecular complexity index is 584. The fourth-order valence-corrected chi connectivity index (χ4v) is 2.99. The standard InChI is InChI=1S/C16H21N3/c1-12-5-4-6-13(11-12)16-14(8-9-17)18-19-10-3-2-7-15(16)19/h4-6,11H,2-3,7-10,17H2,1H3. The summed E-state index contributed by atoms with van der Waals surface area (Å²) >= 11 is 0. The molecule has 19 heavy (non-hydrogen) atoms. The van der Waals surface area contributed by atoms with Gasteiger partial charge in [0.2, 0.25) is 0 Å². The van der Waals surface area contributed by atoms with Crippen LogP contribution < -0.4 is 5.73 Å². The number of aryl methyl sites for hydroxylation is 2. The summed E-state index contributed by atoms with van der Waals surface area (Å²) in [7, 11) is 0. The number of nitrogens with zero attached hydrogens (tertiary/aromatic N) is 2. The van der Waals surface area contributed by atoms with E-state index in [1.54, 1.807) is 0 Å². The smallest absolute Gasteiger partial charge is 0.0718 e. The van der Waals surface area contributed by atoms with Gasteiger partial charge in [0.05, 0.1) is 5.69 Å². The van der Waals surface area contributed by atoms with E-state index in [2.05, 4.69) is 35.9 Å². The van der Waals surface area contributed by atoms with Crippen LogP contribution in [-0.4, -0.2) is 16.3 Å². The molecule has 3 rings (SSSR count). The van der Waals surface area contributed by atoms with Crippen LogP contribution in [0.4, 0.5) is 0 Å². The molecule has 0 amide bonds. The van der Waals surface area contributed by atoms with Crippen molar-refractivity contribution in [1.82, 2.24) is 9.78 Å². The average Bonchev–Trinajstić information content (AvgIpc) is 2.77. The lowest BCUT2D eigenvalue weighted by Gasteiger charge is -2.15. The highest BCUT2D eigenvalue weighted by molar-refractivity contribution is 5.69. The van der Waals surface area contributed by atoms with Gasteiger partial charge in [-0.25, -0.2) is 0 Å². The molecule has 1 aromatic carbocycles. The number of benzene rings is 1. The number of hydrogen-bond donors (Lipinski definition) is 1. The van der Waals surface area contributed by atoms with Crippen molar-refractivity contribution in [3.8, 4) is 11.1 Å². The third-order valence-corrected chi connectivity index (χ3v) is 3.85. The van der Waals surface area contributed by atoms with E-state index in [9.17, 15) is 0 Å². The Morgan fingerprint density at radius 2 is 2.21 bits per heavy atom. The summed E-state index contributed by atoms with van der Waals surface area (Å²) in [5, 5.41) is 4.78. The second kappa shape index (κ2) is 5.17. The average molecular weight is 255 g/mol. The highest BCUT2D eigenvalue weighted by atomic mass is 15.3. The normalized spacial score (nSPS) is 14.4. The molecule has 100 valence electrons. The maximum absolute atomic E-state index is 5.75. The molecule has 3 nitrogen and oxygen atoms in total. The summed E-state index contributed by atoms with van der Waals surface area (Å²) in [6, 6.07) is 8.72. The van der Waals surface area contributed by atoms with Crippen LogP contribution in [0.1, 0.15) is 29.8 Å². The van der Waals surface area contributed by atoms with Crippen molar-refractivity contribution in [3.63, 3.8) is 0 Å². The van der Waals surface area contributed by atoms with E-state index in [1.165, 1.54) is 40.9 Å². The van der Waals surface area contributed by atoms with Crippen molar-refractivity contribution >= 4 is 0 Å². The zero-order valence-electron chi connectivity index (χ0n) is 11.5. The summed E-state index contributed by atoms with van der Waals surface area (Å²) in [6.07, 6.45) is 4.51. The van der Waals surface area contributed by atoms with Gasteiger partial charge in [-0.3, -0.25) is 4.68 Å². The molecule has 0 bridgehead atoms. The van der Waals surface area contributed by atoms with Gasteiger partial charge in [0.25, 0.3) is 0 Å². The van der Waals surface area contributed by atoms with Crippen molar-refractivity contribution in [3.05, 3.63) is 41.2 Å². The largest absolute Gasteiger partial charge is 0.330 e. The van der Waals surface area contributed by atoms with Crippen LogP contribution in [0.5, 0.6) is 0 Å². The quantitative estimate of drug-likeness (QED) is 0.916. The predicted molar refractivity (Wildman–Crippen MR) is 78.1 cm³/mol. The minimum Gasteiger partial charge on any atom is -0.330 e. The van der Waals surface area contributed by atoms with Gasteiger partial charge in [-0.2, -0.15) is 5.10 Å². The first-order valence-electron chi connectivity index (χ1n) is 7.15. The highest BCUT2D eigenvalue weighted by Gasteiger charge is 2.20. The number of hydrogen-bond acceptors (Lipinski definition) is 2. The summed E-state index contributed by atoms with van der Waals surface area (Å²) in [4.78, 5) is 0. The lowest BCUT2D eigenvalue weighted by molar-refractivity contribution is 0.484. The molecular formula is C16H21N3. The minimum absolute atomic E-state index is 0.662. The van der Waals surface area contributed by atoms with E-state index in [4.69, 9.17) is 10.8 Å². The number of fused-ring (bicyclic) bond motifs is 1. The van der Waals surface area contributed by atoms with Gasteiger partial charge in [0.15, 0.2) is 0 Å². The van der Waals surface area contributed by atoms with Gasteiger partial charge in [0.1, 0.15) is 0 Å². The maximum Gasteiger partial charge on any atom is 0.0718 e. The molecule has 1 aromatic heterocycles. The van der Waals surface area contributed by atoms with Crippen molar-refractivity contribution in [2.75, 3.05) is 6.54 Å². The number of aromatic nitrogens is 2. The molecule has 0 saturated carbocycles. The van der Waals surface area contributed by atoms with Gasteiger partial charge < -0.3 is 5.73 Å². The monoisotopic (exact) mass is 255 g/mol. The van der Waals surface area contributed by atoms with Crippen LogP contribution >= 0.6 is 0 Å². The molecule has 0 atom stereocenters. The molecule has 0 aliphatic carbocycles. The Morgan fingerprint density at radius 3 is 3.00 bits per heavy atom. The zero-order chi connectivity index (χ0) is 13.2. The molecule has 2 N–H and O–H groups in total. The Hall–Kier alpha value is -1.61. The Labute approximate surface area is 114 Å². The summed E-state index contributed by atoms with van der Waals surface area (Å²) in [5.41, 5.74) is 12.3. The molecule has 0 radical (unpaired) electrons.